The average molecular weight is 236 g/mol. The van der Waals surface area contributed by atoms with Crippen molar-refractivity contribution in [3.8, 4) is 0 Å². The first-order valence-electron chi connectivity index (χ1n) is 6.73. The molecule has 96 valence electrons. The summed E-state index contributed by atoms with van der Waals surface area (Å²) in [6.07, 6.45) is 6.71. The van der Waals surface area contributed by atoms with Crippen molar-refractivity contribution in [2.45, 2.75) is 65.6 Å². The van der Waals surface area contributed by atoms with E-state index in [1.165, 1.54) is 19.3 Å². The predicted octanol–water partition coefficient (Wildman–Crippen LogP) is 2.36. The average Bonchev–Trinajstić information content (AvgIpc) is 2.83. The molecule has 1 unspecified atom stereocenters. The van der Waals surface area contributed by atoms with Crippen LogP contribution < -0.4 is 5.32 Å². The first kappa shape index (κ1) is 12.6. The Labute approximate surface area is 104 Å². The molecule has 1 aliphatic carbocycles. The molecule has 17 heavy (non-hydrogen) atoms. The topological polar surface area (TPSA) is 42.7 Å². The van der Waals surface area contributed by atoms with E-state index in [0.29, 0.717) is 11.5 Å². The number of aromatic nitrogens is 3. The van der Waals surface area contributed by atoms with Crippen molar-refractivity contribution in [2.24, 2.45) is 5.41 Å². The van der Waals surface area contributed by atoms with Crippen molar-refractivity contribution in [1.29, 1.82) is 0 Å². The van der Waals surface area contributed by atoms with Crippen LogP contribution in [-0.4, -0.2) is 20.8 Å². The maximum Gasteiger partial charge on any atom is 0.140 e. The van der Waals surface area contributed by atoms with Crippen molar-refractivity contribution in [1.82, 2.24) is 20.1 Å². The van der Waals surface area contributed by atoms with Crippen LogP contribution in [0.15, 0.2) is 6.33 Å². The van der Waals surface area contributed by atoms with Gasteiger partial charge in [0.1, 0.15) is 12.2 Å². The molecule has 0 saturated heterocycles. The lowest BCUT2D eigenvalue weighted by molar-refractivity contribution is 0.279. The maximum absolute atomic E-state index is 4.33. The van der Waals surface area contributed by atoms with E-state index in [2.05, 4.69) is 36.2 Å². The van der Waals surface area contributed by atoms with Crippen LogP contribution in [0.25, 0.3) is 0 Å². The Morgan fingerprint density at radius 2 is 2.35 bits per heavy atom. The summed E-state index contributed by atoms with van der Waals surface area (Å²) in [5.74, 6) is 1.06. The van der Waals surface area contributed by atoms with E-state index in [9.17, 15) is 0 Å². The van der Waals surface area contributed by atoms with E-state index in [4.69, 9.17) is 0 Å². The largest absolute Gasteiger partial charge is 0.307 e. The van der Waals surface area contributed by atoms with Gasteiger partial charge in [0, 0.05) is 12.6 Å². The molecule has 1 aromatic rings. The summed E-state index contributed by atoms with van der Waals surface area (Å²) in [4.78, 5) is 4.33. The molecule has 4 heteroatoms. The van der Waals surface area contributed by atoms with Gasteiger partial charge >= 0.3 is 0 Å². The predicted molar refractivity (Wildman–Crippen MR) is 68.6 cm³/mol. The fourth-order valence-electron chi connectivity index (χ4n) is 2.74. The molecule has 0 bridgehead atoms. The van der Waals surface area contributed by atoms with Crippen LogP contribution in [0.3, 0.4) is 0 Å². The third kappa shape index (κ3) is 2.86. The van der Waals surface area contributed by atoms with E-state index in [0.717, 1.165) is 25.3 Å². The zero-order valence-corrected chi connectivity index (χ0v) is 11.2. The van der Waals surface area contributed by atoms with E-state index in [-0.39, 0.29) is 0 Å². The van der Waals surface area contributed by atoms with Gasteiger partial charge in [-0.3, -0.25) is 0 Å². The van der Waals surface area contributed by atoms with Gasteiger partial charge in [0.15, 0.2) is 0 Å². The Morgan fingerprint density at radius 1 is 1.53 bits per heavy atom. The van der Waals surface area contributed by atoms with Crippen molar-refractivity contribution in [3.05, 3.63) is 12.2 Å². The minimum absolute atomic E-state index is 0.426. The van der Waals surface area contributed by atoms with Gasteiger partial charge in [0.25, 0.3) is 0 Å². The molecule has 0 amide bonds. The molecule has 1 fully saturated rings. The van der Waals surface area contributed by atoms with Crippen LogP contribution in [0.5, 0.6) is 0 Å². The lowest BCUT2D eigenvalue weighted by Gasteiger charge is -2.27. The Bertz CT molecular complexity index is 356. The molecule has 1 heterocycles. The molecule has 1 saturated carbocycles. The summed E-state index contributed by atoms with van der Waals surface area (Å²) in [6.45, 7) is 8.68. The van der Waals surface area contributed by atoms with Gasteiger partial charge in [0.05, 0.1) is 6.54 Å². The molecule has 0 aliphatic heterocycles. The minimum Gasteiger partial charge on any atom is -0.307 e. The molecule has 0 aromatic carbocycles. The Morgan fingerprint density at radius 3 is 3.00 bits per heavy atom. The van der Waals surface area contributed by atoms with Gasteiger partial charge in [-0.1, -0.05) is 27.2 Å². The lowest BCUT2D eigenvalue weighted by Crippen LogP contribution is -2.37. The van der Waals surface area contributed by atoms with E-state index >= 15 is 0 Å². The fraction of sp³-hybridized carbons (Fsp3) is 0.846. The highest BCUT2D eigenvalue weighted by Gasteiger charge is 2.33. The summed E-state index contributed by atoms with van der Waals surface area (Å²) < 4.78 is 2.01. The molecule has 0 spiro atoms. The maximum atomic E-state index is 4.33. The van der Waals surface area contributed by atoms with Gasteiger partial charge in [-0.15, -0.1) is 0 Å². The molecule has 1 aromatic heterocycles. The van der Waals surface area contributed by atoms with Crippen LogP contribution in [0.2, 0.25) is 0 Å². The number of hydrogen-bond acceptors (Lipinski definition) is 3. The third-order valence-electron chi connectivity index (χ3n) is 3.89. The fourth-order valence-corrected chi connectivity index (χ4v) is 2.74. The van der Waals surface area contributed by atoms with Crippen LogP contribution >= 0.6 is 0 Å². The van der Waals surface area contributed by atoms with Crippen LogP contribution in [0.1, 0.15) is 52.3 Å². The number of nitrogens with one attached hydrogen (secondary N) is 1. The number of hydrogen-bond donors (Lipinski definition) is 1. The van der Waals surface area contributed by atoms with Crippen LogP contribution in [0, 0.1) is 5.41 Å². The van der Waals surface area contributed by atoms with E-state index in [1.54, 1.807) is 6.33 Å². The van der Waals surface area contributed by atoms with E-state index in [1.807, 2.05) is 4.68 Å². The summed E-state index contributed by atoms with van der Waals surface area (Å²) >= 11 is 0. The summed E-state index contributed by atoms with van der Waals surface area (Å²) in [5, 5.41) is 7.90. The molecule has 0 radical (unpaired) electrons. The lowest BCUT2D eigenvalue weighted by atomic mass is 9.87. The third-order valence-corrected chi connectivity index (χ3v) is 3.89. The smallest absolute Gasteiger partial charge is 0.140 e. The monoisotopic (exact) mass is 236 g/mol. The Balaban J connectivity index is 1.91. The normalized spacial score (nSPS) is 23.1. The Kier molecular flexibility index (Phi) is 3.82. The molecule has 1 N–H and O–H groups in total. The number of nitrogens with zero attached hydrogens (tertiary/aromatic N) is 3. The second-order valence-corrected chi connectivity index (χ2v) is 5.71. The van der Waals surface area contributed by atoms with Gasteiger partial charge in [0.2, 0.25) is 0 Å². The zero-order chi connectivity index (χ0) is 12.3. The van der Waals surface area contributed by atoms with Gasteiger partial charge in [-0.25, -0.2) is 9.67 Å². The highest BCUT2D eigenvalue weighted by Crippen LogP contribution is 2.37. The summed E-state index contributed by atoms with van der Waals surface area (Å²) in [7, 11) is 0. The molecule has 2 rings (SSSR count). The standard InChI is InChI=1S/C13H24N4/c1-4-8-17-12(15-10-16-17)9-14-11-6-5-7-13(11,2)3/h10-11,14H,4-9H2,1-3H3. The molecular weight excluding hydrogens is 212 g/mol. The molecule has 4 nitrogen and oxygen atoms in total. The van der Waals surface area contributed by atoms with Crippen molar-refractivity contribution >= 4 is 0 Å². The van der Waals surface area contributed by atoms with Gasteiger partial charge < -0.3 is 5.32 Å². The van der Waals surface area contributed by atoms with Crippen molar-refractivity contribution < 1.29 is 0 Å². The molecule has 1 aliphatic rings. The minimum atomic E-state index is 0.426. The highest BCUT2D eigenvalue weighted by molar-refractivity contribution is 4.92. The highest BCUT2D eigenvalue weighted by atomic mass is 15.3. The van der Waals surface area contributed by atoms with Crippen molar-refractivity contribution in [3.63, 3.8) is 0 Å². The summed E-state index contributed by atoms with van der Waals surface area (Å²) in [5.41, 5.74) is 0.426. The number of aryl methyl sites for hydroxylation is 1. The van der Waals surface area contributed by atoms with Gasteiger partial charge in [-0.2, -0.15) is 5.10 Å². The van der Waals surface area contributed by atoms with Crippen molar-refractivity contribution in [2.75, 3.05) is 0 Å². The van der Waals surface area contributed by atoms with Gasteiger partial charge in [-0.05, 0) is 24.7 Å². The Hall–Kier alpha value is -0.900. The first-order chi connectivity index (χ1) is 8.13. The zero-order valence-electron chi connectivity index (χ0n) is 11.2. The first-order valence-corrected chi connectivity index (χ1v) is 6.73. The van der Waals surface area contributed by atoms with Crippen LogP contribution in [0.4, 0.5) is 0 Å². The molecular formula is C13H24N4. The molecule has 1 atom stereocenters. The van der Waals surface area contributed by atoms with E-state index < -0.39 is 0 Å². The quantitative estimate of drug-likeness (QED) is 0.853. The SMILES string of the molecule is CCCn1ncnc1CNC1CCCC1(C)C. The second kappa shape index (κ2) is 5.17. The second-order valence-electron chi connectivity index (χ2n) is 5.71. The summed E-state index contributed by atoms with van der Waals surface area (Å²) in [6, 6.07) is 0.620. The number of rotatable bonds is 5. The van der Waals surface area contributed by atoms with Crippen LogP contribution in [-0.2, 0) is 13.1 Å².